The van der Waals surface area contributed by atoms with E-state index in [9.17, 15) is 19.5 Å². The minimum atomic E-state index is -1.28. The third-order valence-electron chi connectivity index (χ3n) is 3.86. The van der Waals surface area contributed by atoms with Gasteiger partial charge in [0.1, 0.15) is 12.1 Å². The summed E-state index contributed by atoms with van der Waals surface area (Å²) in [6.07, 6.45) is 3.62. The van der Waals surface area contributed by atoms with Gasteiger partial charge in [0, 0.05) is 6.42 Å². The van der Waals surface area contributed by atoms with Gasteiger partial charge in [-0.05, 0) is 25.2 Å². The van der Waals surface area contributed by atoms with Crippen LogP contribution in [-0.4, -0.2) is 51.0 Å². The lowest BCUT2D eigenvalue weighted by molar-refractivity contribution is -0.144. The molecule has 1 rings (SSSR count). The number of nitrogens with one attached hydrogen (secondary N) is 1. The van der Waals surface area contributed by atoms with E-state index in [1.165, 1.54) is 0 Å². The smallest absolute Gasteiger partial charge is 0.326 e. The Morgan fingerprint density at radius 1 is 1.27 bits per heavy atom. The molecule has 122 valence electrons. The van der Waals surface area contributed by atoms with Gasteiger partial charge in [0.15, 0.2) is 0 Å². The summed E-state index contributed by atoms with van der Waals surface area (Å²) in [6, 6.07) is -1.26. The van der Waals surface area contributed by atoms with Crippen LogP contribution >= 0.6 is 0 Å². The van der Waals surface area contributed by atoms with Crippen molar-refractivity contribution in [3.8, 4) is 0 Å². The lowest BCUT2D eigenvalue weighted by Crippen LogP contribution is -2.48. The van der Waals surface area contributed by atoms with E-state index >= 15 is 0 Å². The normalized spacial score (nSPS) is 17.9. The van der Waals surface area contributed by atoms with Crippen LogP contribution in [-0.2, 0) is 14.4 Å². The number of carbonyl (C=O) groups excluding carboxylic acids is 2. The van der Waals surface area contributed by atoms with Gasteiger partial charge in [0.2, 0.25) is 11.7 Å². The number of carboxylic acid groups (broad SMARTS) is 1. The Labute approximate surface area is 128 Å². The van der Waals surface area contributed by atoms with Crippen LogP contribution in [0.5, 0.6) is 0 Å². The molecule has 0 aromatic carbocycles. The summed E-state index contributed by atoms with van der Waals surface area (Å²) in [4.78, 5) is 36.8. The Balaban J connectivity index is 2.53. The minimum Gasteiger partial charge on any atom is -0.480 e. The van der Waals surface area contributed by atoms with E-state index in [1.807, 2.05) is 0 Å². The summed E-state index contributed by atoms with van der Waals surface area (Å²) < 4.78 is 0. The van der Waals surface area contributed by atoms with Gasteiger partial charge in [-0.15, -0.1) is 0 Å². The molecule has 0 saturated heterocycles. The molecule has 8 heteroatoms. The lowest BCUT2D eigenvalue weighted by atomic mass is 9.85. The second kappa shape index (κ2) is 9.07. The number of ketones is 1. The zero-order valence-electron chi connectivity index (χ0n) is 12.3. The van der Waals surface area contributed by atoms with E-state index in [0.717, 1.165) is 32.1 Å². The van der Waals surface area contributed by atoms with Crippen LogP contribution in [0.3, 0.4) is 0 Å². The Morgan fingerprint density at radius 2 is 1.91 bits per heavy atom. The minimum absolute atomic E-state index is 0.136. The van der Waals surface area contributed by atoms with Crippen LogP contribution in [0.1, 0.15) is 44.9 Å². The second-order valence-corrected chi connectivity index (χ2v) is 5.49. The Bertz CT molecular complexity index is 467. The number of carboxylic acids is 1. The molecule has 0 aromatic heterocycles. The fourth-order valence-corrected chi connectivity index (χ4v) is 2.59. The summed E-state index contributed by atoms with van der Waals surface area (Å²) in [5.41, 5.74) is 8.20. The zero-order valence-corrected chi connectivity index (χ0v) is 12.3. The molecule has 22 heavy (non-hydrogen) atoms. The van der Waals surface area contributed by atoms with Crippen molar-refractivity contribution in [2.75, 3.05) is 0 Å². The van der Waals surface area contributed by atoms with E-state index in [2.05, 4.69) is 10.1 Å². The first kappa shape index (κ1) is 18.0. The third kappa shape index (κ3) is 5.75. The molecule has 0 aromatic rings. The standard InChI is InChI=1S/C14H21N3O5/c15-16-8-10(18)6-7-11(14(21)22)17-13(20)12(19)9-4-2-1-3-5-9/h8-9,11-12,19H,1-7H2,(H,17,20)(H,21,22). The first-order valence-corrected chi connectivity index (χ1v) is 7.37. The number of aliphatic hydroxyl groups excluding tert-OH is 1. The molecule has 0 spiro atoms. The van der Waals surface area contributed by atoms with Gasteiger partial charge >= 0.3 is 12.2 Å². The van der Waals surface area contributed by atoms with E-state index < -0.39 is 29.8 Å². The van der Waals surface area contributed by atoms with E-state index in [-0.39, 0.29) is 18.8 Å². The number of nitrogens with zero attached hydrogens (tertiary/aromatic N) is 2. The number of aliphatic carboxylic acids is 1. The maximum atomic E-state index is 12.0. The van der Waals surface area contributed by atoms with Gasteiger partial charge in [-0.3, -0.25) is 9.59 Å². The molecule has 0 heterocycles. The number of hydrogen-bond donors (Lipinski definition) is 3. The molecular weight excluding hydrogens is 290 g/mol. The van der Waals surface area contributed by atoms with Crippen LogP contribution in [0, 0.1) is 5.92 Å². The first-order valence-electron chi connectivity index (χ1n) is 7.37. The largest absolute Gasteiger partial charge is 0.480 e. The molecule has 8 nitrogen and oxygen atoms in total. The average molecular weight is 311 g/mol. The molecule has 1 saturated carbocycles. The maximum Gasteiger partial charge on any atom is 0.326 e. The van der Waals surface area contributed by atoms with Crippen LogP contribution in [0.15, 0.2) is 0 Å². The molecule has 1 aliphatic carbocycles. The van der Waals surface area contributed by atoms with Crippen molar-refractivity contribution in [3.63, 3.8) is 0 Å². The highest BCUT2D eigenvalue weighted by Gasteiger charge is 2.30. The summed E-state index contributed by atoms with van der Waals surface area (Å²) in [7, 11) is 0. The summed E-state index contributed by atoms with van der Waals surface area (Å²) in [5, 5.41) is 21.3. The van der Waals surface area contributed by atoms with Crippen molar-refractivity contribution in [3.05, 3.63) is 5.53 Å². The molecular formula is C14H21N3O5. The van der Waals surface area contributed by atoms with Crippen molar-refractivity contribution in [2.45, 2.75) is 57.1 Å². The molecule has 0 bridgehead atoms. The maximum absolute atomic E-state index is 12.0. The van der Waals surface area contributed by atoms with Gasteiger partial charge < -0.3 is 21.1 Å². The Hall–Kier alpha value is -2.05. The summed E-state index contributed by atoms with van der Waals surface area (Å²) in [6.45, 7) is 0. The zero-order chi connectivity index (χ0) is 16.5. The van der Waals surface area contributed by atoms with Crippen molar-refractivity contribution in [1.82, 2.24) is 5.32 Å². The van der Waals surface area contributed by atoms with Gasteiger partial charge in [-0.2, -0.15) is 4.79 Å². The van der Waals surface area contributed by atoms with Gasteiger partial charge in [0.05, 0.1) is 0 Å². The van der Waals surface area contributed by atoms with Crippen molar-refractivity contribution in [1.29, 1.82) is 0 Å². The van der Waals surface area contributed by atoms with Crippen molar-refractivity contribution in [2.24, 2.45) is 5.92 Å². The number of carbonyl (C=O) groups is 3. The van der Waals surface area contributed by atoms with E-state index in [0.29, 0.717) is 6.21 Å². The number of aliphatic hydroxyl groups is 1. The quantitative estimate of drug-likeness (QED) is 0.332. The molecule has 0 radical (unpaired) electrons. The molecule has 1 amide bonds. The van der Waals surface area contributed by atoms with Crippen LogP contribution in [0.2, 0.25) is 0 Å². The fourth-order valence-electron chi connectivity index (χ4n) is 2.59. The van der Waals surface area contributed by atoms with Crippen LogP contribution in [0.25, 0.3) is 5.53 Å². The Morgan fingerprint density at radius 3 is 2.45 bits per heavy atom. The molecule has 0 aliphatic heterocycles. The molecule has 3 N–H and O–H groups in total. The highest BCUT2D eigenvalue weighted by molar-refractivity contribution is 6.25. The molecule has 2 atom stereocenters. The fraction of sp³-hybridized carbons (Fsp3) is 0.714. The monoisotopic (exact) mass is 311 g/mol. The first-order chi connectivity index (χ1) is 10.5. The summed E-state index contributed by atoms with van der Waals surface area (Å²) >= 11 is 0. The van der Waals surface area contributed by atoms with Gasteiger partial charge in [-0.1, -0.05) is 19.3 Å². The summed E-state index contributed by atoms with van der Waals surface area (Å²) in [5.74, 6) is -2.69. The predicted octanol–water partition coefficient (Wildman–Crippen LogP) is 0.147. The number of rotatable bonds is 8. The lowest BCUT2D eigenvalue weighted by Gasteiger charge is -2.26. The molecule has 2 unspecified atom stereocenters. The predicted molar refractivity (Wildman–Crippen MR) is 76.1 cm³/mol. The Kier molecular flexibility index (Phi) is 7.42. The highest BCUT2D eigenvalue weighted by Crippen LogP contribution is 2.26. The number of amides is 1. The molecule has 1 fully saturated rings. The number of hydrogen-bond acceptors (Lipinski definition) is 4. The van der Waals surface area contributed by atoms with E-state index in [1.54, 1.807) is 0 Å². The third-order valence-corrected chi connectivity index (χ3v) is 3.86. The topological polar surface area (TPSA) is 140 Å². The second-order valence-electron chi connectivity index (χ2n) is 5.49. The van der Waals surface area contributed by atoms with Crippen LogP contribution < -0.4 is 5.32 Å². The SMILES string of the molecule is [N-]=[N+]=CC(=O)CCC(NC(=O)C(O)C1CCCCC1)C(=O)O. The van der Waals surface area contributed by atoms with Gasteiger partial charge in [-0.25, -0.2) is 4.79 Å². The van der Waals surface area contributed by atoms with Crippen molar-refractivity contribution < 1.29 is 29.4 Å². The van der Waals surface area contributed by atoms with E-state index in [4.69, 9.17) is 10.6 Å². The number of Topliss-reactive ketones (excluding diaryl/α,β-unsaturated/α-hetero) is 1. The molecule has 1 aliphatic rings. The van der Waals surface area contributed by atoms with Gasteiger partial charge in [0.25, 0.3) is 0 Å². The average Bonchev–Trinajstić information content (AvgIpc) is 2.51. The van der Waals surface area contributed by atoms with Crippen molar-refractivity contribution >= 4 is 23.9 Å². The van der Waals surface area contributed by atoms with Crippen LogP contribution in [0.4, 0.5) is 0 Å². The highest BCUT2D eigenvalue weighted by atomic mass is 16.4.